The monoisotopic (exact) mass is 256 g/mol. The van der Waals surface area contributed by atoms with Gasteiger partial charge in [-0.2, -0.15) is 13.2 Å². The van der Waals surface area contributed by atoms with Crippen LogP contribution in [0.4, 0.5) is 13.2 Å². The Bertz CT molecular complexity index is 254. The van der Waals surface area contributed by atoms with Gasteiger partial charge in [-0.3, -0.25) is 9.69 Å². The zero-order chi connectivity index (χ0) is 13.7. The van der Waals surface area contributed by atoms with Crippen molar-refractivity contribution < 1.29 is 23.1 Å². The molecule has 102 valence electrons. The summed E-state index contributed by atoms with van der Waals surface area (Å²) in [6, 6.07) is 0. The number of halogens is 3. The lowest BCUT2D eigenvalue weighted by Crippen LogP contribution is -2.48. The first-order chi connectivity index (χ1) is 7.58. The molecule has 0 amide bonds. The Morgan fingerprint density at radius 1 is 1.35 bits per heavy atom. The fourth-order valence-corrected chi connectivity index (χ4v) is 1.34. The summed E-state index contributed by atoms with van der Waals surface area (Å²) in [5, 5.41) is 8.75. The van der Waals surface area contributed by atoms with Gasteiger partial charge < -0.3 is 10.8 Å². The smallest absolute Gasteiger partial charge is 0.401 e. The highest BCUT2D eigenvalue weighted by atomic mass is 19.4. The molecule has 0 aliphatic carbocycles. The molecule has 0 aliphatic rings. The van der Waals surface area contributed by atoms with Gasteiger partial charge in [0.2, 0.25) is 0 Å². The molecule has 17 heavy (non-hydrogen) atoms. The molecule has 0 aromatic heterocycles. The van der Waals surface area contributed by atoms with Crippen LogP contribution in [0.1, 0.15) is 26.7 Å². The first kappa shape index (κ1) is 16.2. The molecule has 0 saturated carbocycles. The third kappa shape index (κ3) is 7.17. The minimum atomic E-state index is -4.27. The van der Waals surface area contributed by atoms with Gasteiger partial charge in [0.05, 0.1) is 6.54 Å². The zero-order valence-corrected chi connectivity index (χ0v) is 10.0. The van der Waals surface area contributed by atoms with E-state index in [1.54, 1.807) is 6.92 Å². The number of hydrogen-bond acceptors (Lipinski definition) is 3. The second kappa shape index (κ2) is 6.20. The Morgan fingerprint density at radius 2 is 1.88 bits per heavy atom. The van der Waals surface area contributed by atoms with Gasteiger partial charge in [0, 0.05) is 6.54 Å². The van der Waals surface area contributed by atoms with Crippen LogP contribution < -0.4 is 5.73 Å². The summed E-state index contributed by atoms with van der Waals surface area (Å²) in [6.45, 7) is 2.33. The van der Waals surface area contributed by atoms with Gasteiger partial charge in [-0.25, -0.2) is 0 Å². The van der Waals surface area contributed by atoms with E-state index in [2.05, 4.69) is 0 Å². The van der Waals surface area contributed by atoms with Crippen LogP contribution in [0.3, 0.4) is 0 Å². The van der Waals surface area contributed by atoms with Crippen LogP contribution in [0, 0.1) is 0 Å². The highest BCUT2D eigenvalue weighted by Gasteiger charge is 2.33. The second-order valence-electron chi connectivity index (χ2n) is 4.36. The minimum absolute atomic E-state index is 0.0155. The van der Waals surface area contributed by atoms with Crippen molar-refractivity contribution >= 4 is 5.97 Å². The number of aliphatic carboxylic acids is 1. The average molecular weight is 256 g/mol. The molecule has 0 radical (unpaired) electrons. The van der Waals surface area contributed by atoms with Crippen LogP contribution in [0.25, 0.3) is 0 Å². The van der Waals surface area contributed by atoms with Crippen LogP contribution >= 0.6 is 0 Å². The number of alkyl halides is 3. The minimum Gasteiger partial charge on any atom is -0.480 e. The van der Waals surface area contributed by atoms with Crippen molar-refractivity contribution in [2.24, 2.45) is 5.73 Å². The first-order valence-electron chi connectivity index (χ1n) is 5.40. The number of carboxylic acids is 1. The number of nitrogens with two attached hydrogens (primary N) is 1. The molecule has 0 rings (SSSR count). The summed E-state index contributed by atoms with van der Waals surface area (Å²) in [5.41, 5.74) is 3.97. The Balaban J connectivity index is 4.32. The van der Waals surface area contributed by atoms with Gasteiger partial charge in [0.1, 0.15) is 5.54 Å². The molecule has 7 heteroatoms. The van der Waals surface area contributed by atoms with Crippen molar-refractivity contribution in [2.45, 2.75) is 38.4 Å². The predicted octanol–water partition coefficient (Wildman–Crippen LogP) is 1.45. The van der Waals surface area contributed by atoms with Gasteiger partial charge in [-0.05, 0) is 26.3 Å². The maximum atomic E-state index is 12.2. The maximum Gasteiger partial charge on any atom is 0.401 e. The van der Waals surface area contributed by atoms with Crippen LogP contribution in [-0.2, 0) is 4.79 Å². The molecular formula is C10H19F3N2O2. The maximum absolute atomic E-state index is 12.2. The molecule has 1 unspecified atom stereocenters. The molecule has 0 spiro atoms. The van der Waals surface area contributed by atoms with Crippen molar-refractivity contribution in [1.29, 1.82) is 0 Å². The number of carboxylic acid groups (broad SMARTS) is 1. The highest BCUT2D eigenvalue weighted by molar-refractivity contribution is 5.77. The van der Waals surface area contributed by atoms with Gasteiger partial charge >= 0.3 is 12.1 Å². The molecule has 4 nitrogen and oxygen atoms in total. The number of hydrogen-bond donors (Lipinski definition) is 2. The van der Waals surface area contributed by atoms with E-state index in [0.29, 0.717) is 6.42 Å². The summed E-state index contributed by atoms with van der Waals surface area (Å²) in [7, 11) is 0. The lowest BCUT2D eigenvalue weighted by atomic mass is 9.99. The zero-order valence-electron chi connectivity index (χ0n) is 10.0. The number of nitrogens with zero attached hydrogens (tertiary/aromatic N) is 1. The van der Waals surface area contributed by atoms with E-state index < -0.39 is 24.2 Å². The molecule has 0 bridgehead atoms. The standard InChI is InChI=1S/C10H19F3N2O2/c1-3-5-15(7-10(11,12)13)6-4-9(2,14)8(16)17/h3-7,14H2,1-2H3,(H,16,17). The lowest BCUT2D eigenvalue weighted by Gasteiger charge is -2.27. The van der Waals surface area contributed by atoms with E-state index in [4.69, 9.17) is 10.8 Å². The van der Waals surface area contributed by atoms with E-state index >= 15 is 0 Å². The van der Waals surface area contributed by atoms with Crippen molar-refractivity contribution in [1.82, 2.24) is 4.90 Å². The van der Waals surface area contributed by atoms with Crippen LogP contribution in [-0.4, -0.2) is 47.3 Å². The summed E-state index contributed by atoms with van der Waals surface area (Å²) >= 11 is 0. The summed E-state index contributed by atoms with van der Waals surface area (Å²) in [4.78, 5) is 11.9. The van der Waals surface area contributed by atoms with Gasteiger partial charge in [-0.15, -0.1) is 0 Å². The fourth-order valence-electron chi connectivity index (χ4n) is 1.34. The van der Waals surface area contributed by atoms with E-state index in [-0.39, 0.29) is 19.5 Å². The Morgan fingerprint density at radius 3 is 2.24 bits per heavy atom. The van der Waals surface area contributed by atoms with Crippen molar-refractivity contribution in [3.05, 3.63) is 0 Å². The second-order valence-corrected chi connectivity index (χ2v) is 4.36. The average Bonchev–Trinajstić information content (AvgIpc) is 2.12. The van der Waals surface area contributed by atoms with E-state index in [1.807, 2.05) is 0 Å². The largest absolute Gasteiger partial charge is 0.480 e. The third-order valence-electron chi connectivity index (χ3n) is 2.38. The van der Waals surface area contributed by atoms with Crippen molar-refractivity contribution in [3.63, 3.8) is 0 Å². The molecule has 1 atom stereocenters. The SMILES string of the molecule is CCCN(CCC(C)(N)C(=O)O)CC(F)(F)F. The van der Waals surface area contributed by atoms with E-state index in [0.717, 1.165) is 0 Å². The number of rotatable bonds is 7. The third-order valence-corrected chi connectivity index (χ3v) is 2.38. The summed E-state index contributed by atoms with van der Waals surface area (Å²) in [6.07, 6.45) is -3.72. The highest BCUT2D eigenvalue weighted by Crippen LogP contribution is 2.18. The van der Waals surface area contributed by atoms with Crippen LogP contribution in [0.5, 0.6) is 0 Å². The predicted molar refractivity (Wildman–Crippen MR) is 57.6 cm³/mol. The quantitative estimate of drug-likeness (QED) is 0.723. The molecule has 0 saturated heterocycles. The Hall–Kier alpha value is -0.820. The van der Waals surface area contributed by atoms with Crippen LogP contribution in [0.2, 0.25) is 0 Å². The van der Waals surface area contributed by atoms with E-state index in [1.165, 1.54) is 11.8 Å². The molecule has 0 aromatic rings. The Labute approximate surface area is 98.6 Å². The Kier molecular flexibility index (Phi) is 5.91. The summed E-state index contributed by atoms with van der Waals surface area (Å²) in [5.74, 6) is -1.21. The summed E-state index contributed by atoms with van der Waals surface area (Å²) < 4.78 is 36.7. The molecule has 0 heterocycles. The molecule has 0 aromatic carbocycles. The molecule has 0 aliphatic heterocycles. The van der Waals surface area contributed by atoms with Gasteiger partial charge in [-0.1, -0.05) is 6.92 Å². The topological polar surface area (TPSA) is 66.6 Å². The van der Waals surface area contributed by atoms with Gasteiger partial charge in [0.15, 0.2) is 0 Å². The molecular weight excluding hydrogens is 237 g/mol. The van der Waals surface area contributed by atoms with Crippen LogP contribution in [0.15, 0.2) is 0 Å². The lowest BCUT2D eigenvalue weighted by molar-refractivity contribution is -0.148. The first-order valence-corrected chi connectivity index (χ1v) is 5.40. The normalized spacial score (nSPS) is 15.9. The number of carbonyl (C=O) groups is 1. The van der Waals surface area contributed by atoms with Crippen molar-refractivity contribution in [3.8, 4) is 0 Å². The van der Waals surface area contributed by atoms with E-state index in [9.17, 15) is 18.0 Å². The van der Waals surface area contributed by atoms with Gasteiger partial charge in [0.25, 0.3) is 0 Å². The molecule has 3 N–H and O–H groups in total. The fraction of sp³-hybridized carbons (Fsp3) is 0.900. The van der Waals surface area contributed by atoms with Crippen molar-refractivity contribution in [2.75, 3.05) is 19.6 Å². The molecule has 0 fully saturated rings.